The minimum atomic E-state index is -0.725. The van der Waals surface area contributed by atoms with E-state index in [1.807, 2.05) is 0 Å². The van der Waals surface area contributed by atoms with E-state index in [0.717, 1.165) is 0 Å². The summed E-state index contributed by atoms with van der Waals surface area (Å²) in [5.41, 5.74) is 7.17. The molecule has 0 bridgehead atoms. The monoisotopic (exact) mass is 231 g/mol. The quantitative estimate of drug-likeness (QED) is 0.803. The Kier molecular flexibility index (Phi) is 3.15. The van der Waals surface area contributed by atoms with Gasteiger partial charge >= 0.3 is 0 Å². The average molecular weight is 231 g/mol. The predicted octanol–water partition coefficient (Wildman–Crippen LogP) is 0.454. The smallest absolute Gasteiger partial charge is 0.246 e. The summed E-state index contributed by atoms with van der Waals surface area (Å²) >= 11 is 0. The van der Waals surface area contributed by atoms with Crippen molar-refractivity contribution in [3.8, 4) is 0 Å². The van der Waals surface area contributed by atoms with Crippen LogP contribution in [0.3, 0.4) is 0 Å². The van der Waals surface area contributed by atoms with Crippen LogP contribution < -0.4 is 11.1 Å². The number of hydrogen-bond acceptors (Lipinski definition) is 4. The van der Waals surface area contributed by atoms with E-state index >= 15 is 0 Å². The summed E-state index contributed by atoms with van der Waals surface area (Å²) in [6, 6.07) is 2.68. The van der Waals surface area contributed by atoms with E-state index in [9.17, 15) is 4.79 Å². The van der Waals surface area contributed by atoms with Gasteiger partial charge in [0.25, 0.3) is 0 Å². The summed E-state index contributed by atoms with van der Waals surface area (Å²) in [6.07, 6.45) is 6.50. The summed E-state index contributed by atoms with van der Waals surface area (Å²) in [5, 5.41) is 6.68. The molecular weight excluding hydrogens is 218 g/mol. The van der Waals surface area contributed by atoms with Crippen molar-refractivity contribution >= 4 is 11.6 Å². The summed E-state index contributed by atoms with van der Waals surface area (Å²) in [5.74, 6) is -0.274. The van der Waals surface area contributed by atoms with Crippen LogP contribution in [0.25, 0.3) is 0 Å². The molecule has 0 spiro atoms. The fourth-order valence-electron chi connectivity index (χ4n) is 1.41. The van der Waals surface area contributed by atoms with Gasteiger partial charge in [0.15, 0.2) is 0 Å². The van der Waals surface area contributed by atoms with Gasteiger partial charge in [-0.2, -0.15) is 5.10 Å². The third-order valence-electron chi connectivity index (χ3n) is 2.31. The highest BCUT2D eigenvalue weighted by molar-refractivity contribution is 5.95. The number of nitrogens with zero attached hydrogens (tertiary/aromatic N) is 3. The van der Waals surface area contributed by atoms with Gasteiger partial charge in [-0.05, 0) is 12.1 Å². The summed E-state index contributed by atoms with van der Waals surface area (Å²) in [6.45, 7) is 0. The topological polar surface area (TPSA) is 85.8 Å². The van der Waals surface area contributed by atoms with Gasteiger partial charge in [0.2, 0.25) is 5.91 Å². The third kappa shape index (κ3) is 2.67. The minimum absolute atomic E-state index is 0.274. The predicted molar refractivity (Wildman–Crippen MR) is 63.0 cm³/mol. The van der Waals surface area contributed by atoms with Gasteiger partial charge < -0.3 is 11.1 Å². The fourth-order valence-corrected chi connectivity index (χ4v) is 1.41. The number of carbonyl (C=O) groups excluding carboxylic acids is 1. The Bertz CT molecular complexity index is 508. The molecular formula is C11H13N5O. The van der Waals surface area contributed by atoms with Crippen LogP contribution >= 0.6 is 0 Å². The van der Waals surface area contributed by atoms with Crippen molar-refractivity contribution in [3.05, 3.63) is 42.5 Å². The summed E-state index contributed by atoms with van der Waals surface area (Å²) in [4.78, 5) is 15.7. The SMILES string of the molecule is Cn1cc(C(N)C(=O)Nc2ccncc2)cn1. The standard InChI is InChI=1S/C11H13N5O/c1-16-7-8(6-14-16)10(12)11(17)15-9-2-4-13-5-3-9/h2-7,10H,12H2,1H3,(H,13,15,17). The van der Waals surface area contributed by atoms with Crippen LogP contribution in [0, 0.1) is 0 Å². The highest BCUT2D eigenvalue weighted by atomic mass is 16.2. The lowest BCUT2D eigenvalue weighted by Gasteiger charge is -2.10. The van der Waals surface area contributed by atoms with Crippen molar-refractivity contribution in [2.75, 3.05) is 5.32 Å². The Morgan fingerprint density at radius 3 is 2.76 bits per heavy atom. The number of aromatic nitrogens is 3. The molecule has 17 heavy (non-hydrogen) atoms. The molecule has 0 aliphatic carbocycles. The maximum absolute atomic E-state index is 11.8. The number of anilines is 1. The lowest BCUT2D eigenvalue weighted by Crippen LogP contribution is -2.27. The van der Waals surface area contributed by atoms with Crippen molar-refractivity contribution in [1.82, 2.24) is 14.8 Å². The highest BCUT2D eigenvalue weighted by Crippen LogP contribution is 2.12. The number of hydrogen-bond donors (Lipinski definition) is 2. The molecule has 2 heterocycles. The van der Waals surface area contributed by atoms with Crippen LogP contribution in [-0.2, 0) is 11.8 Å². The Morgan fingerprint density at radius 1 is 1.47 bits per heavy atom. The van der Waals surface area contributed by atoms with Gasteiger partial charge in [0.1, 0.15) is 6.04 Å². The summed E-state index contributed by atoms with van der Waals surface area (Å²) in [7, 11) is 1.77. The molecule has 0 aliphatic heterocycles. The number of nitrogens with one attached hydrogen (secondary N) is 1. The molecule has 1 amide bonds. The lowest BCUT2D eigenvalue weighted by molar-refractivity contribution is -0.117. The molecule has 6 heteroatoms. The molecule has 1 unspecified atom stereocenters. The molecule has 2 aromatic heterocycles. The van der Waals surface area contributed by atoms with Crippen molar-refractivity contribution in [2.45, 2.75) is 6.04 Å². The third-order valence-corrected chi connectivity index (χ3v) is 2.31. The Morgan fingerprint density at radius 2 is 2.18 bits per heavy atom. The number of pyridine rings is 1. The first-order chi connectivity index (χ1) is 8.16. The normalized spacial score (nSPS) is 12.1. The number of rotatable bonds is 3. The molecule has 0 radical (unpaired) electrons. The van der Waals surface area contributed by atoms with E-state index in [1.165, 1.54) is 0 Å². The second-order valence-electron chi connectivity index (χ2n) is 3.65. The molecule has 0 aliphatic rings. The van der Waals surface area contributed by atoms with Crippen LogP contribution in [0.15, 0.2) is 36.9 Å². The van der Waals surface area contributed by atoms with E-state index in [0.29, 0.717) is 11.3 Å². The van der Waals surface area contributed by atoms with Crippen molar-refractivity contribution < 1.29 is 4.79 Å². The van der Waals surface area contributed by atoms with E-state index in [4.69, 9.17) is 5.73 Å². The second kappa shape index (κ2) is 4.75. The highest BCUT2D eigenvalue weighted by Gasteiger charge is 2.17. The molecule has 0 fully saturated rings. The second-order valence-corrected chi connectivity index (χ2v) is 3.65. The number of amides is 1. The molecule has 0 saturated carbocycles. The molecule has 6 nitrogen and oxygen atoms in total. The zero-order valence-corrected chi connectivity index (χ0v) is 9.37. The average Bonchev–Trinajstić information content (AvgIpc) is 2.76. The maximum atomic E-state index is 11.8. The van der Waals surface area contributed by atoms with Crippen LogP contribution in [0.5, 0.6) is 0 Å². The van der Waals surface area contributed by atoms with E-state index in [2.05, 4.69) is 15.4 Å². The zero-order chi connectivity index (χ0) is 12.3. The van der Waals surface area contributed by atoms with E-state index < -0.39 is 6.04 Å². The van der Waals surface area contributed by atoms with Crippen LogP contribution in [0.4, 0.5) is 5.69 Å². The maximum Gasteiger partial charge on any atom is 0.246 e. The first-order valence-electron chi connectivity index (χ1n) is 5.12. The Balaban J connectivity index is 2.06. The van der Waals surface area contributed by atoms with Crippen molar-refractivity contribution in [3.63, 3.8) is 0 Å². The van der Waals surface area contributed by atoms with Gasteiger partial charge in [-0.3, -0.25) is 14.5 Å². The molecule has 3 N–H and O–H groups in total. The summed E-state index contributed by atoms with van der Waals surface area (Å²) < 4.78 is 1.61. The molecule has 2 rings (SSSR count). The largest absolute Gasteiger partial charge is 0.324 e. The van der Waals surface area contributed by atoms with E-state index in [-0.39, 0.29) is 5.91 Å². The van der Waals surface area contributed by atoms with Crippen molar-refractivity contribution in [1.29, 1.82) is 0 Å². The Labute approximate surface area is 98.5 Å². The number of aryl methyl sites for hydroxylation is 1. The molecule has 0 saturated heterocycles. The van der Waals surface area contributed by atoms with Gasteiger partial charge in [-0.15, -0.1) is 0 Å². The van der Waals surface area contributed by atoms with Gasteiger partial charge in [-0.1, -0.05) is 0 Å². The van der Waals surface area contributed by atoms with E-state index in [1.54, 1.807) is 48.6 Å². The first-order valence-corrected chi connectivity index (χ1v) is 5.12. The lowest BCUT2D eigenvalue weighted by atomic mass is 10.1. The van der Waals surface area contributed by atoms with Crippen LogP contribution in [-0.4, -0.2) is 20.7 Å². The molecule has 0 aromatic carbocycles. The molecule has 1 atom stereocenters. The molecule has 88 valence electrons. The van der Waals surface area contributed by atoms with Crippen LogP contribution in [0.2, 0.25) is 0 Å². The van der Waals surface area contributed by atoms with Crippen molar-refractivity contribution in [2.24, 2.45) is 12.8 Å². The minimum Gasteiger partial charge on any atom is -0.324 e. The van der Waals surface area contributed by atoms with Crippen LogP contribution in [0.1, 0.15) is 11.6 Å². The molecule has 2 aromatic rings. The zero-order valence-electron chi connectivity index (χ0n) is 9.37. The number of carbonyl (C=O) groups is 1. The van der Waals surface area contributed by atoms with Gasteiger partial charge in [-0.25, -0.2) is 0 Å². The van der Waals surface area contributed by atoms with Gasteiger partial charge in [0, 0.05) is 36.9 Å². The first kappa shape index (κ1) is 11.3. The number of nitrogens with two attached hydrogens (primary N) is 1. The Hall–Kier alpha value is -2.21. The van der Waals surface area contributed by atoms with Gasteiger partial charge in [0.05, 0.1) is 6.20 Å². The fraction of sp³-hybridized carbons (Fsp3) is 0.182.